The molecule has 0 radical (unpaired) electrons. The van der Waals surface area contributed by atoms with Gasteiger partial charge in [0.15, 0.2) is 36.9 Å². The van der Waals surface area contributed by atoms with Crippen LogP contribution in [0.2, 0.25) is 0 Å². The second-order valence-corrected chi connectivity index (χ2v) is 16.3. The Hall–Kier alpha value is -6.37. The van der Waals surface area contributed by atoms with E-state index in [1.165, 1.54) is 24.2 Å². The lowest BCUT2D eigenvalue weighted by molar-refractivity contribution is -0.718. The minimum Gasteiger partial charge on any atom is -1.00 e. The van der Waals surface area contributed by atoms with Crippen molar-refractivity contribution in [1.82, 2.24) is 0 Å². The highest BCUT2D eigenvalue weighted by Crippen LogP contribution is 2.27. The number of nitrogens with zero attached hydrogens (tertiary/aromatic N) is 7. The van der Waals surface area contributed by atoms with Crippen LogP contribution in [-0.2, 0) is 19.1 Å². The van der Waals surface area contributed by atoms with Crippen LogP contribution in [-0.4, -0.2) is 75.9 Å². The second kappa shape index (κ2) is 23.0. The summed E-state index contributed by atoms with van der Waals surface area (Å²) in [4.78, 5) is 35.9. The first kappa shape index (κ1) is 48.3. The number of nitrogens with two attached hydrogens (primary N) is 1. The lowest BCUT2D eigenvalue weighted by atomic mass is 10.2. The van der Waals surface area contributed by atoms with E-state index in [2.05, 4.69) is 74.1 Å². The number of pyridine rings is 2. The van der Waals surface area contributed by atoms with Crippen LogP contribution in [0.5, 0.6) is 0 Å². The summed E-state index contributed by atoms with van der Waals surface area (Å²) in [5.74, 6) is -1.08. The number of halogens is 1. The summed E-state index contributed by atoms with van der Waals surface area (Å²) in [5, 5.41) is 30.1. The molecule has 8 rings (SSSR count). The van der Waals surface area contributed by atoms with Crippen molar-refractivity contribution in [2.45, 2.75) is 44.4 Å². The molecule has 0 spiro atoms. The number of hydrogen-bond donors (Lipinski definition) is 1. The third-order valence-electron chi connectivity index (χ3n) is 10.2. The van der Waals surface area contributed by atoms with E-state index in [-0.39, 0.29) is 34.8 Å². The Bertz CT molecular complexity index is 2290. The number of nitrogen functional groups attached to an aromatic ring is 1. The maximum atomic E-state index is 11.0. The van der Waals surface area contributed by atoms with Crippen molar-refractivity contribution in [2.24, 2.45) is 0 Å². The zero-order chi connectivity index (χ0) is 43.9. The fraction of sp³-hybridized carbons (Fsp3) is 0.326. The van der Waals surface area contributed by atoms with E-state index in [9.17, 15) is 28.6 Å². The van der Waals surface area contributed by atoms with Gasteiger partial charge >= 0.3 is 0 Å². The highest BCUT2D eigenvalue weighted by atomic mass is 35.5. The summed E-state index contributed by atoms with van der Waals surface area (Å²) in [7, 11) is -3.45. The number of carbonyl (C=O) groups excluding carboxylic acids is 1. The molecule has 3 atom stereocenters. The molecule has 5 heterocycles. The van der Waals surface area contributed by atoms with Gasteiger partial charge in [0.05, 0.1) is 35.3 Å². The fourth-order valence-corrected chi connectivity index (χ4v) is 7.95. The number of rotatable bonds is 9. The van der Waals surface area contributed by atoms with Gasteiger partial charge in [-0.15, -0.1) is 0 Å². The number of hydrogen-bond acceptors (Lipinski definition) is 13. The van der Waals surface area contributed by atoms with Gasteiger partial charge in [-0.3, -0.25) is 24.4 Å². The first-order valence-electron chi connectivity index (χ1n) is 19.7. The maximum absolute atomic E-state index is 11.0. The van der Waals surface area contributed by atoms with Gasteiger partial charge in [0.25, 0.3) is 21.5 Å². The Morgan fingerprint density at radius 1 is 0.645 bits per heavy atom. The minimum absolute atomic E-state index is 0. The average molecular weight is 891 g/mol. The molecule has 3 aliphatic rings. The monoisotopic (exact) mass is 890 g/mol. The minimum atomic E-state index is -3.45. The summed E-state index contributed by atoms with van der Waals surface area (Å²) in [6, 6.07) is 34.5. The van der Waals surface area contributed by atoms with Crippen LogP contribution < -0.4 is 47.1 Å². The van der Waals surface area contributed by atoms with Crippen LogP contribution >= 0.6 is 0 Å². The fourth-order valence-electron chi connectivity index (χ4n) is 7.29. The number of carboxylic acids is 1. The van der Waals surface area contributed by atoms with E-state index in [4.69, 9.17) is 19.8 Å². The molecule has 3 saturated heterocycles. The van der Waals surface area contributed by atoms with E-state index in [1.807, 2.05) is 47.4 Å². The Morgan fingerprint density at radius 2 is 0.984 bits per heavy atom. The molecule has 3 fully saturated rings. The molecule has 3 aromatic carbocycles. The predicted molar refractivity (Wildman–Crippen MR) is 229 cm³/mol. The van der Waals surface area contributed by atoms with Gasteiger partial charge in [-0.25, -0.2) is 9.13 Å². The van der Waals surface area contributed by atoms with Gasteiger partial charge in [-0.1, -0.05) is 12.1 Å². The topological polar surface area (TPSA) is 213 Å². The molecule has 0 saturated carbocycles. The molecule has 2 aromatic heterocycles. The number of aromatic nitrogens is 2. The predicted octanol–water partition coefficient (Wildman–Crippen LogP) is 1.25. The van der Waals surface area contributed by atoms with Crippen LogP contribution in [0.3, 0.4) is 0 Å². The van der Waals surface area contributed by atoms with Crippen LogP contribution in [0.1, 0.15) is 38.3 Å². The third-order valence-corrected chi connectivity index (χ3v) is 10.8. The van der Waals surface area contributed by atoms with Crippen LogP contribution in [0, 0.1) is 20.2 Å². The van der Waals surface area contributed by atoms with Crippen molar-refractivity contribution >= 4 is 50.2 Å². The molecule has 62 heavy (non-hydrogen) atoms. The molecule has 0 bridgehead atoms. The molecular weight excluding hydrogens is 840 g/mol. The van der Waals surface area contributed by atoms with Gasteiger partial charge in [0.1, 0.15) is 0 Å². The molecule has 0 amide bonds. The largest absolute Gasteiger partial charge is 1.00 e. The van der Waals surface area contributed by atoms with Crippen molar-refractivity contribution in [3.63, 3.8) is 0 Å². The van der Waals surface area contributed by atoms with Crippen LogP contribution in [0.4, 0.5) is 34.1 Å². The summed E-state index contributed by atoms with van der Waals surface area (Å²) < 4.78 is 31.5. The molecular formula is C43H51ClN8O9S. The van der Waals surface area contributed by atoms with E-state index in [0.717, 1.165) is 62.8 Å². The van der Waals surface area contributed by atoms with E-state index < -0.39 is 21.0 Å². The van der Waals surface area contributed by atoms with Gasteiger partial charge in [0.2, 0.25) is 0 Å². The van der Waals surface area contributed by atoms with Gasteiger partial charge in [-0.2, -0.15) is 8.42 Å². The molecule has 5 aromatic rings. The van der Waals surface area contributed by atoms with Crippen LogP contribution in [0.25, 0.3) is 0 Å². The molecule has 330 valence electrons. The summed E-state index contributed by atoms with van der Waals surface area (Å²) in [6.07, 6.45) is 12.0. The first-order chi connectivity index (χ1) is 29.1. The van der Waals surface area contributed by atoms with Crippen molar-refractivity contribution in [1.29, 1.82) is 0 Å². The number of nitro benzene ring substituents is 2. The number of nitro groups is 2. The number of non-ortho nitro benzene ring substituents is 2. The van der Waals surface area contributed by atoms with Crippen molar-refractivity contribution < 1.29 is 53.9 Å². The van der Waals surface area contributed by atoms with Crippen LogP contribution in [0.15, 0.2) is 134 Å². The van der Waals surface area contributed by atoms with E-state index >= 15 is 0 Å². The molecule has 3 aliphatic heterocycles. The molecule has 2 N–H and O–H groups in total. The quantitative estimate of drug-likeness (QED) is 0.0727. The molecule has 19 heteroatoms. The lowest BCUT2D eigenvalue weighted by Crippen LogP contribution is -3.00. The number of carboxylic acid groups (broad SMARTS) is 1. The number of benzene rings is 3. The maximum Gasteiger partial charge on any atom is 0.269 e. The Balaban J connectivity index is 0.000000194. The SMILES string of the molecule is CC(=O)[O-].CS(=O)(=O)OC1CCN(c2ccc([N+](=O)[O-])cc2)C1.Nc1ccc(N2CCC([n+]3ccccc3)C2)cc1.O=[N+]([O-])c1ccc(N2CCC([n+]3ccccc3)C2)cc1.[Cl-]. The Labute approximate surface area is 367 Å². The summed E-state index contributed by atoms with van der Waals surface area (Å²) in [6.45, 7) is 6.19. The lowest BCUT2D eigenvalue weighted by Gasteiger charge is -2.18. The van der Waals surface area contributed by atoms with Crippen molar-refractivity contribution in [2.75, 3.05) is 66.0 Å². The smallest absolute Gasteiger partial charge is 0.269 e. The van der Waals surface area contributed by atoms with E-state index in [0.29, 0.717) is 31.6 Å². The molecule has 3 unspecified atom stereocenters. The second-order valence-electron chi connectivity index (χ2n) is 14.7. The Morgan fingerprint density at radius 3 is 1.34 bits per heavy atom. The third kappa shape index (κ3) is 15.0. The average Bonchev–Trinajstić information content (AvgIpc) is 4.04. The molecule has 0 aliphatic carbocycles. The standard InChI is InChI=1S/C15H16N3O2.C15H18N3.C11H14N2O5S.C2H4O2.ClH/c19-18(20)14-6-4-13(5-7-14)17-11-8-15(12-17)16-9-2-1-3-10-16;16-13-4-6-14(7-5-13)18-11-8-15(12-18)17-9-2-1-3-10-17;1-19(16,17)18-11-6-7-12(8-11)9-2-4-10(5-3-9)13(14)15;1-2(3)4;/h1-7,9-10,15H,8,11-12H2;1-7,9-10,15H,8,11-12,16H2;2-5,11H,6-8H2,1H3;1H3,(H,3,4);1H/q2*+1;;;/p-2. The number of carbonyl (C=O) groups is 1. The first-order valence-corrected chi connectivity index (χ1v) is 21.5. The molecule has 17 nitrogen and oxygen atoms in total. The van der Waals surface area contributed by atoms with Gasteiger partial charge in [-0.05, 0) is 61.9 Å². The van der Waals surface area contributed by atoms with Gasteiger partial charge < -0.3 is 42.7 Å². The Kier molecular flexibility index (Phi) is 17.9. The highest BCUT2D eigenvalue weighted by Gasteiger charge is 2.31. The zero-order valence-electron chi connectivity index (χ0n) is 34.5. The normalized spacial score (nSPS) is 17.8. The number of anilines is 4. The number of aliphatic carboxylic acids is 1. The summed E-state index contributed by atoms with van der Waals surface area (Å²) >= 11 is 0. The van der Waals surface area contributed by atoms with Crippen molar-refractivity contribution in [3.8, 4) is 0 Å². The zero-order valence-corrected chi connectivity index (χ0v) is 36.0. The summed E-state index contributed by atoms with van der Waals surface area (Å²) in [5.41, 5.74) is 9.86. The highest BCUT2D eigenvalue weighted by molar-refractivity contribution is 7.86. The van der Waals surface area contributed by atoms with Gasteiger partial charge in [0, 0.05) is 116 Å². The van der Waals surface area contributed by atoms with Crippen molar-refractivity contribution in [3.05, 3.63) is 154 Å². The van der Waals surface area contributed by atoms with E-state index in [1.54, 1.807) is 24.3 Å².